The van der Waals surface area contributed by atoms with Crippen LogP contribution in [-0.2, 0) is 19.1 Å². The Balaban J connectivity index is 3.61. The molecule has 0 bridgehead atoms. The van der Waals surface area contributed by atoms with Crippen molar-refractivity contribution in [3.63, 3.8) is 0 Å². The highest BCUT2D eigenvalue weighted by atomic mass is 16.6. The first-order chi connectivity index (χ1) is 5.56. The number of carbonyl (C=O) groups excluding carboxylic acids is 2. The Labute approximate surface area is 70.8 Å². The third-order valence-electron chi connectivity index (χ3n) is 1.08. The average Bonchev–Trinajstić information content (AvgIpc) is 1.84. The Morgan fingerprint density at radius 2 is 2.08 bits per heavy atom. The predicted octanol–water partition coefficient (Wildman–Crippen LogP) is -0.560. The number of primary amides is 1. The van der Waals surface area contributed by atoms with Crippen molar-refractivity contribution in [2.75, 3.05) is 13.7 Å². The minimum Gasteiger partial charge on any atom is -0.460 e. The first kappa shape index (κ1) is 10.9. The van der Waals surface area contributed by atoms with Gasteiger partial charge in [-0.25, -0.2) is 4.79 Å². The van der Waals surface area contributed by atoms with Crippen molar-refractivity contribution in [3.8, 4) is 0 Å². The second-order valence-electron chi connectivity index (χ2n) is 2.40. The Bertz CT molecular complexity index is 169. The highest BCUT2D eigenvalue weighted by Gasteiger charge is 2.10. The molecular weight excluding hydrogens is 162 g/mol. The van der Waals surface area contributed by atoms with Crippen LogP contribution in [0.2, 0.25) is 0 Å². The fourth-order valence-corrected chi connectivity index (χ4v) is 0.701. The van der Waals surface area contributed by atoms with Gasteiger partial charge in [0.2, 0.25) is 5.91 Å². The van der Waals surface area contributed by atoms with Gasteiger partial charge in [-0.2, -0.15) is 0 Å². The molecule has 0 aromatic heterocycles. The molecule has 1 atom stereocenters. The molecule has 5 nitrogen and oxygen atoms in total. The topological polar surface area (TPSA) is 78.6 Å². The first-order valence-corrected chi connectivity index (χ1v) is 3.53. The summed E-state index contributed by atoms with van der Waals surface area (Å²) < 4.78 is 9.26. The SMILES string of the molecule is COCC(=O)OC(C)CC(N)=O. The first-order valence-electron chi connectivity index (χ1n) is 3.53. The minimum atomic E-state index is -0.494. The maximum absolute atomic E-state index is 10.7. The molecule has 1 amide bonds. The molecule has 0 aromatic rings. The number of hydrogen-bond donors (Lipinski definition) is 1. The number of methoxy groups -OCH3 is 1. The van der Waals surface area contributed by atoms with Gasteiger partial charge in [0.15, 0.2) is 0 Å². The summed E-state index contributed by atoms with van der Waals surface area (Å²) in [5.41, 5.74) is 4.88. The van der Waals surface area contributed by atoms with Crippen LogP contribution in [0.25, 0.3) is 0 Å². The lowest BCUT2D eigenvalue weighted by Gasteiger charge is -2.10. The van der Waals surface area contributed by atoms with Crippen LogP contribution in [0.1, 0.15) is 13.3 Å². The van der Waals surface area contributed by atoms with Crippen molar-refractivity contribution in [3.05, 3.63) is 0 Å². The number of carbonyl (C=O) groups is 2. The van der Waals surface area contributed by atoms with E-state index in [0.717, 1.165) is 0 Å². The van der Waals surface area contributed by atoms with Gasteiger partial charge >= 0.3 is 5.97 Å². The molecule has 1 unspecified atom stereocenters. The number of esters is 1. The summed E-state index contributed by atoms with van der Waals surface area (Å²) >= 11 is 0. The number of rotatable bonds is 5. The molecule has 2 N–H and O–H groups in total. The molecule has 12 heavy (non-hydrogen) atoms. The second-order valence-corrected chi connectivity index (χ2v) is 2.40. The van der Waals surface area contributed by atoms with Crippen LogP contribution >= 0.6 is 0 Å². The molecule has 0 spiro atoms. The molecule has 0 aliphatic carbocycles. The lowest BCUT2D eigenvalue weighted by atomic mass is 10.3. The van der Waals surface area contributed by atoms with E-state index in [4.69, 9.17) is 10.5 Å². The van der Waals surface area contributed by atoms with Gasteiger partial charge in [0.05, 0.1) is 6.42 Å². The fourth-order valence-electron chi connectivity index (χ4n) is 0.701. The Morgan fingerprint density at radius 1 is 1.50 bits per heavy atom. The quantitative estimate of drug-likeness (QED) is 0.568. The molecule has 0 fully saturated rings. The third kappa shape index (κ3) is 5.67. The third-order valence-corrected chi connectivity index (χ3v) is 1.08. The maximum Gasteiger partial charge on any atom is 0.332 e. The largest absolute Gasteiger partial charge is 0.460 e. The zero-order chi connectivity index (χ0) is 9.56. The number of hydrogen-bond acceptors (Lipinski definition) is 4. The molecule has 5 heteroatoms. The van der Waals surface area contributed by atoms with E-state index in [0.29, 0.717) is 0 Å². The van der Waals surface area contributed by atoms with Gasteiger partial charge in [-0.1, -0.05) is 0 Å². The average molecular weight is 175 g/mol. The van der Waals surface area contributed by atoms with E-state index < -0.39 is 18.0 Å². The van der Waals surface area contributed by atoms with Crippen LogP contribution < -0.4 is 5.73 Å². The summed E-state index contributed by atoms with van der Waals surface area (Å²) in [5, 5.41) is 0. The minimum absolute atomic E-state index is 0.0372. The molecule has 0 saturated heterocycles. The van der Waals surface area contributed by atoms with Gasteiger partial charge in [0, 0.05) is 7.11 Å². The van der Waals surface area contributed by atoms with Crippen LogP contribution in [0, 0.1) is 0 Å². The van der Waals surface area contributed by atoms with E-state index in [1.165, 1.54) is 7.11 Å². The summed E-state index contributed by atoms with van der Waals surface area (Å²) in [6.45, 7) is 1.49. The zero-order valence-corrected chi connectivity index (χ0v) is 7.20. The van der Waals surface area contributed by atoms with Gasteiger partial charge in [-0.15, -0.1) is 0 Å². The highest BCUT2D eigenvalue weighted by molar-refractivity contribution is 5.75. The van der Waals surface area contributed by atoms with E-state index in [9.17, 15) is 9.59 Å². The van der Waals surface area contributed by atoms with Crippen molar-refractivity contribution in [2.24, 2.45) is 5.73 Å². The van der Waals surface area contributed by atoms with Crippen molar-refractivity contribution < 1.29 is 19.1 Å². The van der Waals surface area contributed by atoms with Crippen molar-refractivity contribution >= 4 is 11.9 Å². The van der Waals surface area contributed by atoms with Gasteiger partial charge in [-0.3, -0.25) is 4.79 Å². The van der Waals surface area contributed by atoms with Gasteiger partial charge in [-0.05, 0) is 6.92 Å². The predicted molar refractivity (Wildman–Crippen MR) is 41.2 cm³/mol. The van der Waals surface area contributed by atoms with Crippen LogP contribution in [0.5, 0.6) is 0 Å². The maximum atomic E-state index is 10.7. The Hall–Kier alpha value is -1.10. The zero-order valence-electron chi connectivity index (χ0n) is 7.20. The fraction of sp³-hybridized carbons (Fsp3) is 0.714. The van der Waals surface area contributed by atoms with E-state index in [2.05, 4.69) is 4.74 Å². The van der Waals surface area contributed by atoms with Crippen molar-refractivity contribution in [1.82, 2.24) is 0 Å². The second kappa shape index (κ2) is 5.54. The smallest absolute Gasteiger partial charge is 0.332 e. The van der Waals surface area contributed by atoms with Crippen LogP contribution in [-0.4, -0.2) is 31.7 Å². The van der Waals surface area contributed by atoms with Crippen LogP contribution in [0.4, 0.5) is 0 Å². The van der Waals surface area contributed by atoms with Gasteiger partial charge in [0.25, 0.3) is 0 Å². The summed E-state index contributed by atoms with van der Waals surface area (Å²) in [6, 6.07) is 0. The van der Waals surface area contributed by atoms with E-state index in [1.807, 2.05) is 0 Å². The monoisotopic (exact) mass is 175 g/mol. The van der Waals surface area contributed by atoms with Crippen LogP contribution in [0.15, 0.2) is 0 Å². The molecule has 0 rings (SSSR count). The van der Waals surface area contributed by atoms with E-state index in [-0.39, 0.29) is 13.0 Å². The Kier molecular flexibility index (Phi) is 5.03. The molecule has 0 aromatic carbocycles. The van der Waals surface area contributed by atoms with E-state index >= 15 is 0 Å². The standard InChI is InChI=1S/C7H13NO4/c1-5(3-6(8)9)12-7(10)4-11-2/h5H,3-4H2,1-2H3,(H2,8,9). The normalized spacial score (nSPS) is 12.2. The number of nitrogens with two attached hydrogens (primary N) is 1. The molecule has 0 saturated carbocycles. The molecule has 0 aliphatic rings. The molecule has 0 aliphatic heterocycles. The molecule has 0 heterocycles. The van der Waals surface area contributed by atoms with Crippen molar-refractivity contribution in [2.45, 2.75) is 19.4 Å². The van der Waals surface area contributed by atoms with Gasteiger partial charge < -0.3 is 15.2 Å². The van der Waals surface area contributed by atoms with Crippen molar-refractivity contribution in [1.29, 1.82) is 0 Å². The summed E-state index contributed by atoms with van der Waals surface area (Å²) in [6.07, 6.45) is -0.444. The number of amides is 1. The number of ether oxygens (including phenoxy) is 2. The molecule has 0 radical (unpaired) electrons. The summed E-state index contributed by atoms with van der Waals surface area (Å²) in [4.78, 5) is 21.1. The van der Waals surface area contributed by atoms with E-state index in [1.54, 1.807) is 6.92 Å². The molecule has 70 valence electrons. The summed E-state index contributed by atoms with van der Waals surface area (Å²) in [5.74, 6) is -0.987. The molecular formula is C7H13NO4. The summed E-state index contributed by atoms with van der Waals surface area (Å²) in [7, 11) is 1.39. The lowest BCUT2D eigenvalue weighted by molar-refractivity contribution is -0.153. The van der Waals surface area contributed by atoms with Gasteiger partial charge in [0.1, 0.15) is 12.7 Å². The highest BCUT2D eigenvalue weighted by Crippen LogP contribution is 1.96. The Morgan fingerprint density at radius 3 is 2.50 bits per heavy atom. The van der Waals surface area contributed by atoms with Crippen LogP contribution in [0.3, 0.4) is 0 Å². The lowest BCUT2D eigenvalue weighted by Crippen LogP contribution is -2.24.